The van der Waals surface area contributed by atoms with Gasteiger partial charge < -0.3 is 39.3 Å². The van der Waals surface area contributed by atoms with Gasteiger partial charge in [-0.15, -0.1) is 0 Å². The molecule has 4 heterocycles. The van der Waals surface area contributed by atoms with Crippen molar-refractivity contribution in [3.8, 4) is 17.1 Å². The number of amides is 2. The molecule has 2 aliphatic rings. The first kappa shape index (κ1) is 52.2. The average Bonchev–Trinajstić information content (AvgIpc) is 3.77. The van der Waals surface area contributed by atoms with E-state index in [-0.39, 0.29) is 66.9 Å². The van der Waals surface area contributed by atoms with Crippen molar-refractivity contribution >= 4 is 53.4 Å². The van der Waals surface area contributed by atoms with E-state index in [9.17, 15) is 38.4 Å². The second-order valence-corrected chi connectivity index (χ2v) is 14.4. The number of aldehydes is 1. The van der Waals surface area contributed by atoms with Gasteiger partial charge in [0.2, 0.25) is 12.3 Å². The van der Waals surface area contributed by atoms with E-state index in [1.807, 2.05) is 55.4 Å². The lowest BCUT2D eigenvalue weighted by Crippen LogP contribution is -2.38. The molecule has 0 aliphatic carbocycles. The van der Waals surface area contributed by atoms with Crippen LogP contribution in [0.25, 0.3) is 22.3 Å². The zero-order valence-corrected chi connectivity index (χ0v) is 37.5. The molecule has 62 heavy (non-hydrogen) atoms. The van der Waals surface area contributed by atoms with Crippen molar-refractivity contribution < 1.29 is 57.6 Å². The fourth-order valence-electron chi connectivity index (χ4n) is 6.86. The van der Waals surface area contributed by atoms with Crippen LogP contribution in [0.2, 0.25) is 0 Å². The molecule has 4 atom stereocenters. The number of methoxy groups -OCH3 is 1. The van der Waals surface area contributed by atoms with Crippen LogP contribution in [0.15, 0.2) is 29.1 Å². The zero-order chi connectivity index (χ0) is 46.7. The standard InChI is InChI=1S/C34H37N3O10.C7H13NO3.2C2H6/c1-5-7-30(40)47-28(16-38)22-14-27-32-23(15-37(27)33(42)24(22)17-44-4)20(6-2)21-13-19(8-9-25(21)36-32)46-31(41)11-10-29(39)35-26-12-18(3)45-34(26)43;1-5(2)3-6(7(10)11)8-4-9;2*1-2/h8-9,13-14,16,18,26,28H,5-7,10-12,15,17H2,1-4H3,(H,35,39);4-6H,3H2,1-2H3,(H,8,9)(H,10,11);2*1-2H3. The Balaban J connectivity index is 0.000000762. The number of carbonyl (C=O) groups excluding carboxylic acids is 6. The van der Waals surface area contributed by atoms with Crippen LogP contribution in [0, 0.1) is 5.92 Å². The predicted octanol–water partition coefficient (Wildman–Crippen LogP) is 5.51. The Morgan fingerprint density at radius 1 is 1.00 bits per heavy atom. The number of pyridine rings is 2. The number of carboxylic acid groups (broad SMARTS) is 1. The summed E-state index contributed by atoms with van der Waals surface area (Å²) in [7, 11) is 1.44. The maximum absolute atomic E-state index is 13.8. The highest BCUT2D eigenvalue weighted by Crippen LogP contribution is 2.38. The average molecular weight is 867 g/mol. The largest absolute Gasteiger partial charge is 0.480 e. The minimum absolute atomic E-state index is 0.0841. The zero-order valence-electron chi connectivity index (χ0n) is 37.5. The number of fused-ring (bicyclic) bond motifs is 4. The van der Waals surface area contributed by atoms with Crippen LogP contribution in [-0.4, -0.2) is 82.4 Å². The number of carboxylic acids is 1. The maximum Gasteiger partial charge on any atom is 0.329 e. The molecule has 3 aromatic rings. The summed E-state index contributed by atoms with van der Waals surface area (Å²) >= 11 is 0. The Hall–Kier alpha value is -5.97. The monoisotopic (exact) mass is 866 g/mol. The Morgan fingerprint density at radius 3 is 2.24 bits per heavy atom. The molecule has 0 radical (unpaired) electrons. The molecule has 2 amide bonds. The van der Waals surface area contributed by atoms with Crippen molar-refractivity contribution in [2.75, 3.05) is 7.11 Å². The van der Waals surface area contributed by atoms with Crippen LogP contribution < -0.4 is 20.9 Å². The summed E-state index contributed by atoms with van der Waals surface area (Å²) in [6.07, 6.45) is 1.13. The van der Waals surface area contributed by atoms with E-state index in [2.05, 4.69) is 10.6 Å². The molecular formula is C45H62N4O13. The van der Waals surface area contributed by atoms with Crippen LogP contribution in [0.1, 0.15) is 129 Å². The number of nitrogens with zero attached hydrogens (tertiary/aromatic N) is 2. The van der Waals surface area contributed by atoms with Crippen molar-refractivity contribution in [3.05, 3.63) is 56.9 Å². The van der Waals surface area contributed by atoms with Gasteiger partial charge in [-0.1, -0.05) is 55.4 Å². The van der Waals surface area contributed by atoms with Gasteiger partial charge in [0.25, 0.3) is 5.56 Å². The summed E-state index contributed by atoms with van der Waals surface area (Å²) in [4.78, 5) is 100. The molecular weight excluding hydrogens is 805 g/mol. The van der Waals surface area contributed by atoms with Crippen LogP contribution in [0.5, 0.6) is 5.75 Å². The van der Waals surface area contributed by atoms with Gasteiger partial charge in [-0.25, -0.2) is 14.6 Å². The molecule has 340 valence electrons. The Kier molecular flexibility index (Phi) is 21.6. The summed E-state index contributed by atoms with van der Waals surface area (Å²) in [5.41, 5.74) is 3.46. The molecule has 4 unspecified atom stereocenters. The number of esters is 3. The number of carbonyl (C=O) groups is 7. The molecule has 1 aromatic carbocycles. The third kappa shape index (κ3) is 13.8. The van der Waals surface area contributed by atoms with Gasteiger partial charge in [-0.2, -0.15) is 0 Å². The van der Waals surface area contributed by atoms with Crippen LogP contribution >= 0.6 is 0 Å². The van der Waals surface area contributed by atoms with Gasteiger partial charge in [0.15, 0.2) is 12.4 Å². The van der Waals surface area contributed by atoms with Crippen molar-refractivity contribution in [2.24, 2.45) is 5.92 Å². The number of aliphatic carboxylic acids is 1. The highest BCUT2D eigenvalue weighted by Gasteiger charge is 2.33. The third-order valence-electron chi connectivity index (χ3n) is 9.52. The topological polar surface area (TPSA) is 236 Å². The van der Waals surface area contributed by atoms with Crippen molar-refractivity contribution in [2.45, 2.75) is 145 Å². The Morgan fingerprint density at radius 2 is 1.69 bits per heavy atom. The molecule has 3 N–H and O–H groups in total. The fourth-order valence-corrected chi connectivity index (χ4v) is 6.86. The Bertz CT molecular complexity index is 2110. The first-order chi connectivity index (χ1) is 29.6. The molecule has 5 rings (SSSR count). The number of benzene rings is 1. The van der Waals surface area contributed by atoms with Crippen molar-refractivity contribution in [1.82, 2.24) is 20.2 Å². The summed E-state index contributed by atoms with van der Waals surface area (Å²) in [5, 5.41) is 14.1. The number of ether oxygens (including phenoxy) is 4. The van der Waals surface area contributed by atoms with E-state index in [0.29, 0.717) is 55.3 Å². The lowest BCUT2D eigenvalue weighted by Gasteiger charge is -2.18. The second kappa shape index (κ2) is 25.7. The predicted molar refractivity (Wildman–Crippen MR) is 230 cm³/mol. The van der Waals surface area contributed by atoms with Crippen LogP contribution in [-0.2, 0) is 67.3 Å². The number of cyclic esters (lactones) is 1. The van der Waals surface area contributed by atoms with E-state index in [1.165, 1.54) is 7.11 Å². The molecule has 0 saturated carbocycles. The SMILES string of the molecule is CC.CC.CC(C)CC(NC=O)C(=O)O.CCCC(=O)OC(C=O)c1cc2n(c(=O)c1COC)Cc1c-2nc2ccc(OC(=O)CCC(=O)NC3CC(C)OC3=O)cc2c1CC. The maximum atomic E-state index is 13.8. The van der Waals surface area contributed by atoms with E-state index >= 15 is 0 Å². The smallest absolute Gasteiger partial charge is 0.329 e. The minimum atomic E-state index is -1.28. The van der Waals surface area contributed by atoms with Gasteiger partial charge in [0.05, 0.1) is 42.0 Å². The lowest BCUT2D eigenvalue weighted by atomic mass is 9.98. The molecule has 17 nitrogen and oxygen atoms in total. The van der Waals surface area contributed by atoms with Gasteiger partial charge in [0.1, 0.15) is 23.9 Å². The van der Waals surface area contributed by atoms with E-state index in [4.69, 9.17) is 29.0 Å². The quantitative estimate of drug-likeness (QED) is 0.0636. The molecule has 2 aliphatic heterocycles. The molecule has 17 heteroatoms. The number of aryl methyl sites for hydroxylation is 1. The number of aromatic nitrogens is 2. The third-order valence-corrected chi connectivity index (χ3v) is 9.52. The first-order valence-electron chi connectivity index (χ1n) is 21.1. The van der Waals surface area contributed by atoms with Gasteiger partial charge in [-0.05, 0) is 61.9 Å². The van der Waals surface area contributed by atoms with Crippen molar-refractivity contribution in [3.63, 3.8) is 0 Å². The second-order valence-electron chi connectivity index (χ2n) is 14.4. The lowest BCUT2D eigenvalue weighted by molar-refractivity contribution is -0.152. The normalized spacial score (nSPS) is 15.4. The fraction of sp³-hybridized carbons (Fsp3) is 0.533. The van der Waals surface area contributed by atoms with Gasteiger partial charge >= 0.3 is 23.9 Å². The molecule has 0 spiro atoms. The van der Waals surface area contributed by atoms with Crippen molar-refractivity contribution in [1.29, 1.82) is 0 Å². The first-order valence-corrected chi connectivity index (χ1v) is 21.1. The van der Waals surface area contributed by atoms with E-state index in [0.717, 1.165) is 16.5 Å². The van der Waals surface area contributed by atoms with Crippen LogP contribution in [0.3, 0.4) is 0 Å². The highest BCUT2D eigenvalue weighted by atomic mass is 16.6. The van der Waals surface area contributed by atoms with Crippen LogP contribution in [0.4, 0.5) is 0 Å². The summed E-state index contributed by atoms with van der Waals surface area (Å²) < 4.78 is 22.9. The van der Waals surface area contributed by atoms with E-state index < -0.39 is 48.0 Å². The number of hydrogen-bond acceptors (Lipinski definition) is 13. The minimum Gasteiger partial charge on any atom is -0.480 e. The molecule has 0 bridgehead atoms. The summed E-state index contributed by atoms with van der Waals surface area (Å²) in [5.74, 6) is -2.54. The number of nitrogens with one attached hydrogen (secondary N) is 2. The van der Waals surface area contributed by atoms with E-state index in [1.54, 1.807) is 35.8 Å². The highest BCUT2D eigenvalue weighted by molar-refractivity contribution is 5.91. The van der Waals surface area contributed by atoms with Gasteiger partial charge in [-0.3, -0.25) is 28.8 Å². The van der Waals surface area contributed by atoms with Gasteiger partial charge in [0, 0.05) is 42.9 Å². The molecule has 2 aromatic heterocycles. The summed E-state index contributed by atoms with van der Waals surface area (Å²) in [6, 6.07) is 5.22. The summed E-state index contributed by atoms with van der Waals surface area (Å²) in [6.45, 7) is 17.5. The Labute approximate surface area is 362 Å². The number of rotatable bonds is 18. The molecule has 1 saturated heterocycles. The number of hydrogen-bond donors (Lipinski definition) is 3. The molecule has 1 fully saturated rings.